The molecule has 0 saturated heterocycles. The molecule has 2 rings (SSSR count). The normalized spacial score (nSPS) is 10.1. The maximum absolute atomic E-state index is 3.77. The van der Waals surface area contributed by atoms with Crippen molar-refractivity contribution in [1.29, 1.82) is 0 Å². The zero-order chi connectivity index (χ0) is 9.97. The van der Waals surface area contributed by atoms with Gasteiger partial charge in [0.25, 0.3) is 0 Å². The molecule has 0 bridgehead atoms. The largest absolute Gasteiger partial charge is 0.144 e. The molecule has 1 aromatic carbocycles. The Morgan fingerprint density at radius 3 is 2.71 bits per heavy atom. The minimum Gasteiger partial charge on any atom is -0.144 e. The van der Waals surface area contributed by atoms with Gasteiger partial charge in [0.1, 0.15) is 0 Å². The number of thiophene rings is 1. The highest BCUT2D eigenvalue weighted by molar-refractivity contribution is 7.13. The highest BCUT2D eigenvalue weighted by Gasteiger charge is 2.02. The lowest BCUT2D eigenvalue weighted by Gasteiger charge is -2.04. The minimum absolute atomic E-state index is 1.18. The summed E-state index contributed by atoms with van der Waals surface area (Å²) in [6, 6.07) is 10.7. The van der Waals surface area contributed by atoms with Gasteiger partial charge < -0.3 is 0 Å². The Morgan fingerprint density at radius 1 is 1.29 bits per heavy atom. The lowest BCUT2D eigenvalue weighted by Crippen LogP contribution is -1.81. The van der Waals surface area contributed by atoms with E-state index in [-0.39, 0.29) is 0 Å². The van der Waals surface area contributed by atoms with Gasteiger partial charge >= 0.3 is 0 Å². The number of aryl methyl sites for hydroxylation is 1. The van der Waals surface area contributed by atoms with Crippen molar-refractivity contribution in [1.82, 2.24) is 0 Å². The van der Waals surface area contributed by atoms with Crippen LogP contribution in [0, 0.1) is 6.92 Å². The first-order chi connectivity index (χ1) is 6.81. The van der Waals surface area contributed by atoms with E-state index in [0.29, 0.717) is 0 Å². The first kappa shape index (κ1) is 9.22. The fourth-order valence-electron chi connectivity index (χ4n) is 1.52. The molecule has 0 nitrogen and oxygen atoms in total. The van der Waals surface area contributed by atoms with Crippen molar-refractivity contribution in [2.24, 2.45) is 0 Å². The van der Waals surface area contributed by atoms with Crippen LogP contribution in [0.2, 0.25) is 0 Å². The van der Waals surface area contributed by atoms with Crippen molar-refractivity contribution >= 4 is 17.4 Å². The lowest BCUT2D eigenvalue weighted by molar-refractivity contribution is 1.46. The quantitative estimate of drug-likeness (QED) is 0.675. The van der Waals surface area contributed by atoms with Gasteiger partial charge in [0.2, 0.25) is 0 Å². The van der Waals surface area contributed by atoms with Gasteiger partial charge in [-0.3, -0.25) is 0 Å². The van der Waals surface area contributed by atoms with Crippen molar-refractivity contribution in [3.8, 4) is 10.4 Å². The third-order valence-electron chi connectivity index (χ3n) is 2.27. The average molecular weight is 200 g/mol. The fourth-order valence-corrected chi connectivity index (χ4v) is 2.34. The van der Waals surface area contributed by atoms with Gasteiger partial charge in [0.05, 0.1) is 0 Å². The van der Waals surface area contributed by atoms with Crippen molar-refractivity contribution in [3.63, 3.8) is 0 Å². The number of hydrogen-bond acceptors (Lipinski definition) is 1. The Balaban J connectivity index is 2.51. The number of hydrogen-bond donors (Lipinski definition) is 0. The Bertz CT molecular complexity index is 438. The van der Waals surface area contributed by atoms with E-state index in [1.807, 2.05) is 6.08 Å². The molecule has 1 heterocycles. The SMILES string of the molecule is C=Cc1ccc(-c2cccs2)c(C)c1. The standard InChI is InChI=1S/C13H12S/c1-3-11-6-7-12(10(2)9-11)13-5-4-8-14-13/h3-9H,1H2,2H3. The summed E-state index contributed by atoms with van der Waals surface area (Å²) in [7, 11) is 0. The molecule has 0 aliphatic rings. The van der Waals surface area contributed by atoms with E-state index >= 15 is 0 Å². The van der Waals surface area contributed by atoms with Gasteiger partial charge in [-0.2, -0.15) is 0 Å². The zero-order valence-corrected chi connectivity index (χ0v) is 8.97. The molecule has 0 N–H and O–H groups in total. The van der Waals surface area contributed by atoms with Crippen molar-refractivity contribution in [3.05, 3.63) is 53.4 Å². The van der Waals surface area contributed by atoms with Crippen LogP contribution >= 0.6 is 11.3 Å². The summed E-state index contributed by atoms with van der Waals surface area (Å²) in [5.41, 5.74) is 3.82. The Kier molecular flexibility index (Phi) is 2.51. The molecular weight excluding hydrogens is 188 g/mol. The summed E-state index contributed by atoms with van der Waals surface area (Å²) in [4.78, 5) is 1.33. The van der Waals surface area contributed by atoms with Crippen LogP contribution in [-0.2, 0) is 0 Å². The number of rotatable bonds is 2. The molecule has 1 aromatic heterocycles. The van der Waals surface area contributed by atoms with Gasteiger partial charge in [-0.05, 0) is 35.1 Å². The molecule has 0 amide bonds. The molecule has 2 aromatic rings. The van der Waals surface area contributed by atoms with E-state index < -0.39 is 0 Å². The van der Waals surface area contributed by atoms with Crippen LogP contribution in [0.5, 0.6) is 0 Å². The second-order valence-corrected chi connectivity index (χ2v) is 4.20. The van der Waals surface area contributed by atoms with E-state index in [9.17, 15) is 0 Å². The highest BCUT2D eigenvalue weighted by atomic mass is 32.1. The van der Waals surface area contributed by atoms with Gasteiger partial charge in [-0.15, -0.1) is 11.3 Å². The minimum atomic E-state index is 1.18. The molecular formula is C13H12S. The van der Waals surface area contributed by atoms with Gasteiger partial charge in [0.15, 0.2) is 0 Å². The van der Waals surface area contributed by atoms with Crippen LogP contribution in [0.25, 0.3) is 16.5 Å². The summed E-state index contributed by atoms with van der Waals surface area (Å²) in [6.07, 6.45) is 1.88. The maximum Gasteiger partial charge on any atom is 0.0345 e. The second-order valence-electron chi connectivity index (χ2n) is 3.26. The van der Waals surface area contributed by atoms with Gasteiger partial charge in [0, 0.05) is 4.88 Å². The first-order valence-corrected chi connectivity index (χ1v) is 5.46. The van der Waals surface area contributed by atoms with E-state index in [4.69, 9.17) is 0 Å². The van der Waals surface area contributed by atoms with Crippen LogP contribution in [-0.4, -0.2) is 0 Å². The van der Waals surface area contributed by atoms with Crippen molar-refractivity contribution < 1.29 is 0 Å². The van der Waals surface area contributed by atoms with Crippen LogP contribution in [0.3, 0.4) is 0 Å². The Hall–Kier alpha value is -1.34. The monoisotopic (exact) mass is 200 g/mol. The van der Waals surface area contributed by atoms with Crippen molar-refractivity contribution in [2.45, 2.75) is 6.92 Å². The third-order valence-corrected chi connectivity index (χ3v) is 3.18. The van der Waals surface area contributed by atoms with E-state index in [2.05, 4.69) is 49.2 Å². The summed E-state index contributed by atoms with van der Waals surface area (Å²) in [6.45, 7) is 5.91. The topological polar surface area (TPSA) is 0 Å². The lowest BCUT2D eigenvalue weighted by atomic mass is 10.0. The molecule has 0 saturated carbocycles. The van der Waals surface area contributed by atoms with Crippen molar-refractivity contribution in [2.75, 3.05) is 0 Å². The molecule has 0 fully saturated rings. The van der Waals surface area contributed by atoms with Crippen LogP contribution in [0.15, 0.2) is 42.3 Å². The average Bonchev–Trinajstić information content (AvgIpc) is 2.70. The maximum atomic E-state index is 3.77. The first-order valence-electron chi connectivity index (χ1n) is 4.58. The molecule has 0 radical (unpaired) electrons. The number of benzene rings is 1. The Morgan fingerprint density at radius 2 is 2.14 bits per heavy atom. The van der Waals surface area contributed by atoms with E-state index in [1.165, 1.54) is 21.6 Å². The molecule has 70 valence electrons. The molecule has 0 aliphatic heterocycles. The fraction of sp³-hybridized carbons (Fsp3) is 0.0769. The van der Waals surface area contributed by atoms with E-state index in [0.717, 1.165) is 0 Å². The van der Waals surface area contributed by atoms with Gasteiger partial charge in [-0.1, -0.05) is 36.9 Å². The Labute approximate surface area is 88.5 Å². The molecule has 0 atom stereocenters. The third kappa shape index (κ3) is 1.64. The summed E-state index contributed by atoms with van der Waals surface area (Å²) in [5, 5.41) is 2.11. The second kappa shape index (κ2) is 3.81. The summed E-state index contributed by atoms with van der Waals surface area (Å²) >= 11 is 1.78. The molecule has 14 heavy (non-hydrogen) atoms. The van der Waals surface area contributed by atoms with Crippen LogP contribution < -0.4 is 0 Å². The summed E-state index contributed by atoms with van der Waals surface area (Å²) < 4.78 is 0. The van der Waals surface area contributed by atoms with Crippen LogP contribution in [0.1, 0.15) is 11.1 Å². The molecule has 0 unspecified atom stereocenters. The summed E-state index contributed by atoms with van der Waals surface area (Å²) in [5.74, 6) is 0. The molecule has 0 spiro atoms. The smallest absolute Gasteiger partial charge is 0.0345 e. The highest BCUT2D eigenvalue weighted by Crippen LogP contribution is 2.28. The predicted molar refractivity (Wildman–Crippen MR) is 64.6 cm³/mol. The van der Waals surface area contributed by atoms with Crippen LogP contribution in [0.4, 0.5) is 0 Å². The zero-order valence-electron chi connectivity index (χ0n) is 8.16. The van der Waals surface area contributed by atoms with Gasteiger partial charge in [-0.25, -0.2) is 0 Å². The molecule has 1 heteroatoms. The van der Waals surface area contributed by atoms with E-state index in [1.54, 1.807) is 11.3 Å². The molecule has 0 aliphatic carbocycles. The predicted octanol–water partition coefficient (Wildman–Crippen LogP) is 4.37.